The third-order valence-corrected chi connectivity index (χ3v) is 4.17. The van der Waals surface area contributed by atoms with Crippen LogP contribution in [0.25, 0.3) is 12.2 Å². The lowest BCUT2D eigenvalue weighted by molar-refractivity contribution is 1.36. The summed E-state index contributed by atoms with van der Waals surface area (Å²) in [5, 5.41) is 6.24. The van der Waals surface area contributed by atoms with Crippen molar-refractivity contribution in [1.29, 1.82) is 0 Å². The summed E-state index contributed by atoms with van der Waals surface area (Å²) in [6.07, 6.45) is 4.09. The van der Waals surface area contributed by atoms with Crippen molar-refractivity contribution in [3.8, 4) is 0 Å². The van der Waals surface area contributed by atoms with Gasteiger partial charge in [-0.15, -0.1) is 11.3 Å². The van der Waals surface area contributed by atoms with Gasteiger partial charge >= 0.3 is 0 Å². The maximum absolute atomic E-state index is 4.55. The number of nitrogens with one attached hydrogen (secondary N) is 1. The highest BCUT2D eigenvalue weighted by Gasteiger charge is 1.99. The fourth-order valence-corrected chi connectivity index (χ4v) is 2.78. The lowest BCUT2D eigenvalue weighted by Crippen LogP contribution is -1.88. The number of hydrogen-bond acceptors (Lipinski definition) is 3. The lowest BCUT2D eigenvalue weighted by atomic mass is 10.2. The molecule has 0 aliphatic rings. The Morgan fingerprint density at radius 3 is 2.48 bits per heavy atom. The molecule has 104 valence electrons. The average molecular weight is 357 g/mol. The predicted molar refractivity (Wildman–Crippen MR) is 94.9 cm³/mol. The third-order valence-electron chi connectivity index (χ3n) is 2.86. The van der Waals surface area contributed by atoms with E-state index in [-0.39, 0.29) is 0 Å². The first-order valence-electron chi connectivity index (χ1n) is 6.51. The Labute approximate surface area is 136 Å². The van der Waals surface area contributed by atoms with Gasteiger partial charge in [0.25, 0.3) is 0 Å². The molecule has 0 aliphatic carbocycles. The Kier molecular flexibility index (Phi) is 4.48. The van der Waals surface area contributed by atoms with Gasteiger partial charge in [0.15, 0.2) is 5.13 Å². The van der Waals surface area contributed by atoms with E-state index in [1.54, 1.807) is 11.3 Å². The summed E-state index contributed by atoms with van der Waals surface area (Å²) in [5.41, 5.74) is 3.17. The Morgan fingerprint density at radius 2 is 1.71 bits per heavy atom. The van der Waals surface area contributed by atoms with Gasteiger partial charge in [-0.25, -0.2) is 4.98 Å². The minimum atomic E-state index is 0.900. The number of benzene rings is 2. The van der Waals surface area contributed by atoms with Crippen LogP contribution in [0.5, 0.6) is 0 Å². The summed E-state index contributed by atoms with van der Waals surface area (Å²) in [4.78, 5) is 4.55. The van der Waals surface area contributed by atoms with Crippen molar-refractivity contribution in [2.24, 2.45) is 0 Å². The van der Waals surface area contributed by atoms with Gasteiger partial charge in [0.1, 0.15) is 0 Å². The van der Waals surface area contributed by atoms with Gasteiger partial charge in [-0.3, -0.25) is 0 Å². The molecule has 0 spiro atoms. The molecule has 0 bridgehead atoms. The molecule has 0 amide bonds. The van der Waals surface area contributed by atoms with Crippen molar-refractivity contribution in [3.05, 3.63) is 75.7 Å². The number of anilines is 2. The monoisotopic (exact) mass is 356 g/mol. The van der Waals surface area contributed by atoms with Crippen LogP contribution in [0.3, 0.4) is 0 Å². The van der Waals surface area contributed by atoms with Gasteiger partial charge in [-0.05, 0) is 35.9 Å². The van der Waals surface area contributed by atoms with Gasteiger partial charge in [-0.1, -0.05) is 52.3 Å². The Hall–Kier alpha value is -1.91. The maximum Gasteiger partial charge on any atom is 0.187 e. The summed E-state index contributed by atoms with van der Waals surface area (Å²) in [6, 6.07) is 18.3. The largest absolute Gasteiger partial charge is 0.332 e. The van der Waals surface area contributed by atoms with Crippen LogP contribution in [0.1, 0.15) is 11.3 Å². The van der Waals surface area contributed by atoms with Crippen molar-refractivity contribution in [2.45, 2.75) is 0 Å². The molecule has 4 heteroatoms. The van der Waals surface area contributed by atoms with Gasteiger partial charge < -0.3 is 5.32 Å². The summed E-state index contributed by atoms with van der Waals surface area (Å²) in [7, 11) is 0. The van der Waals surface area contributed by atoms with Crippen LogP contribution in [-0.2, 0) is 0 Å². The van der Waals surface area contributed by atoms with Crippen LogP contribution >= 0.6 is 27.3 Å². The average Bonchev–Trinajstić information content (AvgIpc) is 2.95. The van der Waals surface area contributed by atoms with E-state index in [0.717, 1.165) is 26.5 Å². The normalized spacial score (nSPS) is 10.9. The molecule has 3 aromatic rings. The summed E-state index contributed by atoms with van der Waals surface area (Å²) >= 11 is 5.03. The molecule has 0 unspecified atom stereocenters. The molecule has 1 heterocycles. The second kappa shape index (κ2) is 6.70. The standard InChI is InChI=1S/C17H13BrN2S/c18-14-9-6-13(7-10-14)8-11-16-12-21-17(20-16)19-15-4-2-1-3-5-15/h1-12H,(H,19,20)/b11-8+. The number of rotatable bonds is 4. The first-order valence-corrected chi connectivity index (χ1v) is 8.18. The molecule has 0 fully saturated rings. The fraction of sp³-hybridized carbons (Fsp3) is 0. The molecular weight excluding hydrogens is 344 g/mol. The molecule has 0 saturated heterocycles. The van der Waals surface area contributed by atoms with E-state index >= 15 is 0 Å². The molecular formula is C17H13BrN2S. The molecule has 0 saturated carbocycles. The van der Waals surface area contributed by atoms with Gasteiger partial charge in [-0.2, -0.15) is 0 Å². The van der Waals surface area contributed by atoms with Crippen molar-refractivity contribution in [2.75, 3.05) is 5.32 Å². The Balaban J connectivity index is 1.69. The zero-order valence-corrected chi connectivity index (χ0v) is 13.6. The number of halogens is 1. The predicted octanol–water partition coefficient (Wildman–Crippen LogP) is 5.82. The van der Waals surface area contributed by atoms with E-state index in [1.807, 2.05) is 53.9 Å². The molecule has 0 atom stereocenters. The molecule has 0 aliphatic heterocycles. The van der Waals surface area contributed by atoms with Crippen LogP contribution < -0.4 is 5.32 Å². The summed E-state index contributed by atoms with van der Waals surface area (Å²) in [5.74, 6) is 0. The van der Waals surface area contributed by atoms with E-state index in [1.165, 1.54) is 0 Å². The van der Waals surface area contributed by atoms with E-state index in [2.05, 4.69) is 44.4 Å². The second-order valence-corrected chi connectivity index (χ2v) is 6.23. The first-order chi connectivity index (χ1) is 10.3. The molecule has 21 heavy (non-hydrogen) atoms. The number of aromatic nitrogens is 1. The molecule has 3 rings (SSSR count). The van der Waals surface area contributed by atoms with Crippen LogP contribution in [0, 0.1) is 0 Å². The minimum Gasteiger partial charge on any atom is -0.332 e. The summed E-state index contributed by atoms with van der Waals surface area (Å²) < 4.78 is 1.09. The van der Waals surface area contributed by atoms with Gasteiger partial charge in [0, 0.05) is 15.5 Å². The number of nitrogens with zero attached hydrogens (tertiary/aromatic N) is 1. The van der Waals surface area contributed by atoms with E-state index in [0.29, 0.717) is 0 Å². The smallest absolute Gasteiger partial charge is 0.187 e. The fourth-order valence-electron chi connectivity index (χ4n) is 1.82. The minimum absolute atomic E-state index is 0.900. The van der Waals surface area contributed by atoms with Crippen LogP contribution in [0.4, 0.5) is 10.8 Å². The Morgan fingerprint density at radius 1 is 0.952 bits per heavy atom. The lowest BCUT2D eigenvalue weighted by Gasteiger charge is -2.00. The van der Waals surface area contributed by atoms with Crippen molar-refractivity contribution >= 4 is 50.2 Å². The zero-order chi connectivity index (χ0) is 14.5. The molecule has 0 radical (unpaired) electrons. The van der Waals surface area contributed by atoms with Crippen molar-refractivity contribution < 1.29 is 0 Å². The molecule has 2 nitrogen and oxygen atoms in total. The molecule has 2 aromatic carbocycles. The number of thiazole rings is 1. The summed E-state index contributed by atoms with van der Waals surface area (Å²) in [6.45, 7) is 0. The number of para-hydroxylation sites is 1. The van der Waals surface area contributed by atoms with Crippen molar-refractivity contribution in [3.63, 3.8) is 0 Å². The zero-order valence-electron chi connectivity index (χ0n) is 11.2. The van der Waals surface area contributed by atoms with E-state index in [9.17, 15) is 0 Å². The SMILES string of the molecule is Brc1ccc(/C=C/c2csc(Nc3ccccc3)n2)cc1. The third kappa shape index (κ3) is 4.03. The van der Waals surface area contributed by atoms with Crippen LogP contribution in [0.15, 0.2) is 64.5 Å². The van der Waals surface area contributed by atoms with E-state index in [4.69, 9.17) is 0 Å². The van der Waals surface area contributed by atoms with Crippen molar-refractivity contribution in [1.82, 2.24) is 4.98 Å². The Bertz CT molecular complexity index is 733. The molecule has 1 N–H and O–H groups in total. The first kappa shape index (κ1) is 14.0. The highest BCUT2D eigenvalue weighted by molar-refractivity contribution is 9.10. The second-order valence-electron chi connectivity index (χ2n) is 4.45. The van der Waals surface area contributed by atoms with Crippen LogP contribution in [0.2, 0.25) is 0 Å². The maximum atomic E-state index is 4.55. The van der Waals surface area contributed by atoms with E-state index < -0.39 is 0 Å². The number of hydrogen-bond donors (Lipinski definition) is 1. The highest BCUT2D eigenvalue weighted by Crippen LogP contribution is 2.22. The van der Waals surface area contributed by atoms with Gasteiger partial charge in [0.05, 0.1) is 5.69 Å². The highest BCUT2D eigenvalue weighted by atomic mass is 79.9. The quantitative estimate of drug-likeness (QED) is 0.636. The molecule has 1 aromatic heterocycles. The van der Waals surface area contributed by atoms with Gasteiger partial charge in [0.2, 0.25) is 0 Å². The van der Waals surface area contributed by atoms with Crippen LogP contribution in [-0.4, -0.2) is 4.98 Å². The topological polar surface area (TPSA) is 24.9 Å².